The van der Waals surface area contributed by atoms with E-state index in [2.05, 4.69) is 10.3 Å². The van der Waals surface area contributed by atoms with Crippen molar-refractivity contribution in [3.05, 3.63) is 54.4 Å². The van der Waals surface area contributed by atoms with Crippen LogP contribution in [-0.2, 0) is 11.2 Å². The molecule has 1 aromatic carbocycles. The molecule has 0 saturated carbocycles. The molecule has 98 valence electrons. The summed E-state index contributed by atoms with van der Waals surface area (Å²) in [6.45, 7) is 2.58. The van der Waals surface area contributed by atoms with E-state index in [-0.39, 0.29) is 5.91 Å². The summed E-state index contributed by atoms with van der Waals surface area (Å²) in [5.74, 6) is 0.774. The molecule has 0 aliphatic rings. The van der Waals surface area contributed by atoms with Crippen molar-refractivity contribution in [1.29, 1.82) is 0 Å². The summed E-state index contributed by atoms with van der Waals surface area (Å²) in [4.78, 5) is 15.7. The number of rotatable bonds is 5. The van der Waals surface area contributed by atoms with Crippen LogP contribution in [0, 0.1) is 0 Å². The zero-order valence-corrected chi connectivity index (χ0v) is 10.8. The lowest BCUT2D eigenvalue weighted by Gasteiger charge is -2.06. The van der Waals surface area contributed by atoms with Crippen LogP contribution in [-0.4, -0.2) is 17.5 Å². The number of carbonyl (C=O) groups excluding carboxylic acids is 1. The van der Waals surface area contributed by atoms with Crippen LogP contribution in [0.1, 0.15) is 12.5 Å². The number of hydrogen-bond donors (Lipinski definition) is 1. The summed E-state index contributed by atoms with van der Waals surface area (Å²) < 4.78 is 5.35. The molecule has 0 saturated heterocycles. The maximum Gasteiger partial charge on any atom is 0.228 e. The van der Waals surface area contributed by atoms with E-state index in [9.17, 15) is 4.79 Å². The number of carbonyl (C=O) groups is 1. The van der Waals surface area contributed by atoms with Crippen molar-refractivity contribution in [3.8, 4) is 5.75 Å². The van der Waals surface area contributed by atoms with E-state index in [4.69, 9.17) is 4.74 Å². The highest BCUT2D eigenvalue weighted by Gasteiger charge is 2.04. The zero-order chi connectivity index (χ0) is 13.5. The Hall–Kier alpha value is -2.36. The molecular weight excluding hydrogens is 240 g/mol. The molecule has 4 nitrogen and oxygen atoms in total. The fourth-order valence-corrected chi connectivity index (χ4v) is 1.70. The third kappa shape index (κ3) is 4.10. The SMILES string of the molecule is CCOc1ccc(CC(=O)Nc2ccncc2)cc1. The molecule has 0 spiro atoms. The van der Waals surface area contributed by atoms with Crippen LogP contribution in [0.15, 0.2) is 48.8 Å². The summed E-state index contributed by atoms with van der Waals surface area (Å²) in [6.07, 6.45) is 3.63. The molecule has 0 aliphatic heterocycles. The van der Waals surface area contributed by atoms with Crippen molar-refractivity contribution in [2.24, 2.45) is 0 Å². The van der Waals surface area contributed by atoms with Crippen molar-refractivity contribution in [2.75, 3.05) is 11.9 Å². The molecule has 19 heavy (non-hydrogen) atoms. The third-order valence-electron chi connectivity index (χ3n) is 2.56. The van der Waals surface area contributed by atoms with Gasteiger partial charge in [0.2, 0.25) is 5.91 Å². The van der Waals surface area contributed by atoms with E-state index in [0.717, 1.165) is 17.0 Å². The number of pyridine rings is 1. The normalized spacial score (nSPS) is 9.95. The Morgan fingerprint density at radius 3 is 2.47 bits per heavy atom. The topological polar surface area (TPSA) is 51.2 Å². The largest absolute Gasteiger partial charge is 0.494 e. The molecule has 4 heteroatoms. The molecule has 0 aliphatic carbocycles. The van der Waals surface area contributed by atoms with E-state index >= 15 is 0 Å². The van der Waals surface area contributed by atoms with Gasteiger partial charge < -0.3 is 10.1 Å². The van der Waals surface area contributed by atoms with Crippen molar-refractivity contribution < 1.29 is 9.53 Å². The molecule has 2 rings (SSSR count). The maximum absolute atomic E-state index is 11.8. The summed E-state index contributed by atoms with van der Waals surface area (Å²) in [6, 6.07) is 11.1. The molecule has 0 fully saturated rings. The highest BCUT2D eigenvalue weighted by Crippen LogP contribution is 2.13. The highest BCUT2D eigenvalue weighted by atomic mass is 16.5. The van der Waals surface area contributed by atoms with Gasteiger partial charge >= 0.3 is 0 Å². The first kappa shape index (κ1) is 13.1. The fourth-order valence-electron chi connectivity index (χ4n) is 1.70. The monoisotopic (exact) mass is 256 g/mol. The number of amides is 1. The Bertz CT molecular complexity index is 524. The van der Waals surface area contributed by atoms with Gasteiger partial charge in [0.25, 0.3) is 0 Å². The van der Waals surface area contributed by atoms with E-state index in [0.29, 0.717) is 13.0 Å². The molecular formula is C15H16N2O2. The summed E-state index contributed by atoms with van der Waals surface area (Å²) >= 11 is 0. The second kappa shape index (κ2) is 6.54. The highest BCUT2D eigenvalue weighted by molar-refractivity contribution is 5.92. The Labute approximate surface area is 112 Å². The Morgan fingerprint density at radius 2 is 1.84 bits per heavy atom. The second-order valence-corrected chi connectivity index (χ2v) is 4.04. The molecule has 2 aromatic rings. The average Bonchev–Trinajstić information content (AvgIpc) is 2.42. The first-order chi connectivity index (χ1) is 9.28. The van der Waals surface area contributed by atoms with Gasteiger partial charge in [-0.2, -0.15) is 0 Å². The summed E-state index contributed by atoms with van der Waals surface area (Å²) in [5, 5.41) is 2.82. The number of hydrogen-bond acceptors (Lipinski definition) is 3. The van der Waals surface area contributed by atoms with Gasteiger partial charge in [-0.25, -0.2) is 0 Å². The van der Waals surface area contributed by atoms with Crippen molar-refractivity contribution in [3.63, 3.8) is 0 Å². The predicted molar refractivity (Wildman–Crippen MR) is 74.2 cm³/mol. The molecule has 1 amide bonds. The van der Waals surface area contributed by atoms with Crippen LogP contribution < -0.4 is 10.1 Å². The number of nitrogens with zero attached hydrogens (tertiary/aromatic N) is 1. The third-order valence-corrected chi connectivity index (χ3v) is 2.56. The van der Waals surface area contributed by atoms with E-state index in [1.807, 2.05) is 31.2 Å². The van der Waals surface area contributed by atoms with Gasteiger partial charge in [-0.1, -0.05) is 12.1 Å². The van der Waals surface area contributed by atoms with Gasteiger partial charge in [0, 0.05) is 18.1 Å². The Balaban J connectivity index is 1.91. The van der Waals surface area contributed by atoms with Crippen LogP contribution in [0.4, 0.5) is 5.69 Å². The maximum atomic E-state index is 11.8. The lowest BCUT2D eigenvalue weighted by molar-refractivity contribution is -0.115. The molecule has 0 unspecified atom stereocenters. The van der Waals surface area contributed by atoms with Gasteiger partial charge in [-0.3, -0.25) is 9.78 Å². The Kier molecular flexibility index (Phi) is 4.50. The molecule has 0 bridgehead atoms. The fraction of sp³-hybridized carbons (Fsp3) is 0.200. The number of benzene rings is 1. The van der Waals surface area contributed by atoms with Crippen molar-refractivity contribution >= 4 is 11.6 Å². The van der Waals surface area contributed by atoms with Crippen molar-refractivity contribution in [2.45, 2.75) is 13.3 Å². The number of nitrogens with one attached hydrogen (secondary N) is 1. The second-order valence-electron chi connectivity index (χ2n) is 4.04. The van der Waals surface area contributed by atoms with Crippen LogP contribution >= 0.6 is 0 Å². The number of anilines is 1. The van der Waals surface area contributed by atoms with E-state index in [1.165, 1.54) is 0 Å². The molecule has 1 heterocycles. The quantitative estimate of drug-likeness (QED) is 0.894. The molecule has 0 atom stereocenters. The Morgan fingerprint density at radius 1 is 1.16 bits per heavy atom. The summed E-state index contributed by atoms with van der Waals surface area (Å²) in [5.41, 5.74) is 1.71. The van der Waals surface area contributed by atoms with Gasteiger partial charge in [0.05, 0.1) is 13.0 Å². The van der Waals surface area contributed by atoms with Crippen LogP contribution in [0.2, 0.25) is 0 Å². The molecule has 0 radical (unpaired) electrons. The lowest BCUT2D eigenvalue weighted by Crippen LogP contribution is -2.14. The average molecular weight is 256 g/mol. The van der Waals surface area contributed by atoms with E-state index < -0.39 is 0 Å². The molecule has 1 aromatic heterocycles. The smallest absolute Gasteiger partial charge is 0.228 e. The van der Waals surface area contributed by atoms with Crippen LogP contribution in [0.3, 0.4) is 0 Å². The van der Waals surface area contributed by atoms with Gasteiger partial charge in [-0.05, 0) is 36.8 Å². The van der Waals surface area contributed by atoms with Gasteiger partial charge in [0.1, 0.15) is 5.75 Å². The number of ether oxygens (including phenoxy) is 1. The zero-order valence-electron chi connectivity index (χ0n) is 10.8. The van der Waals surface area contributed by atoms with Crippen LogP contribution in [0.25, 0.3) is 0 Å². The van der Waals surface area contributed by atoms with Crippen LogP contribution in [0.5, 0.6) is 5.75 Å². The predicted octanol–water partition coefficient (Wildman–Crippen LogP) is 2.66. The minimum atomic E-state index is -0.0460. The minimum Gasteiger partial charge on any atom is -0.494 e. The molecule has 1 N–H and O–H groups in total. The minimum absolute atomic E-state index is 0.0460. The summed E-state index contributed by atoms with van der Waals surface area (Å²) in [7, 11) is 0. The van der Waals surface area contributed by atoms with E-state index in [1.54, 1.807) is 24.5 Å². The first-order valence-electron chi connectivity index (χ1n) is 6.19. The van der Waals surface area contributed by atoms with Crippen molar-refractivity contribution in [1.82, 2.24) is 4.98 Å². The van der Waals surface area contributed by atoms with Gasteiger partial charge in [-0.15, -0.1) is 0 Å². The first-order valence-corrected chi connectivity index (χ1v) is 6.19. The number of aromatic nitrogens is 1. The standard InChI is InChI=1S/C15H16N2O2/c1-2-19-14-5-3-12(4-6-14)11-15(18)17-13-7-9-16-10-8-13/h3-10H,2,11H2,1H3,(H,16,17,18). The van der Waals surface area contributed by atoms with Gasteiger partial charge in [0.15, 0.2) is 0 Å². The lowest BCUT2D eigenvalue weighted by atomic mass is 10.1.